The zero-order chi connectivity index (χ0) is 24.9. The third kappa shape index (κ3) is 5.76. The molecule has 10 heteroatoms. The minimum atomic E-state index is -0.825. The second kappa shape index (κ2) is 10.5. The maximum absolute atomic E-state index is 12.1. The van der Waals surface area contributed by atoms with Crippen LogP contribution in [0.3, 0.4) is 0 Å². The van der Waals surface area contributed by atoms with Gasteiger partial charge in [0.25, 0.3) is 5.91 Å². The highest BCUT2D eigenvalue weighted by Crippen LogP contribution is 2.38. The highest BCUT2D eigenvalue weighted by Gasteiger charge is 2.29. The Balaban J connectivity index is 1.62. The number of carbonyl (C=O) groups is 2. The van der Waals surface area contributed by atoms with Crippen molar-refractivity contribution in [3.63, 3.8) is 0 Å². The second-order valence-electron chi connectivity index (χ2n) is 9.07. The van der Waals surface area contributed by atoms with Crippen LogP contribution in [0.25, 0.3) is 11.1 Å². The molecular formula is C25H33N7O3. The molecule has 4 rings (SSSR count). The summed E-state index contributed by atoms with van der Waals surface area (Å²) in [4.78, 5) is 23.9. The molecule has 2 saturated carbocycles. The van der Waals surface area contributed by atoms with Gasteiger partial charge in [-0.2, -0.15) is 5.10 Å². The molecule has 1 aromatic heterocycles. The number of para-hydroxylation sites is 1. The lowest BCUT2D eigenvalue weighted by atomic mass is 9.96. The zero-order valence-corrected chi connectivity index (χ0v) is 19.9. The van der Waals surface area contributed by atoms with Crippen molar-refractivity contribution in [1.29, 1.82) is 0 Å². The Morgan fingerprint density at radius 1 is 1.11 bits per heavy atom. The summed E-state index contributed by atoms with van der Waals surface area (Å²) < 4.78 is 7.77. The molecule has 0 unspecified atom stereocenters. The third-order valence-electron chi connectivity index (χ3n) is 6.42. The Morgan fingerprint density at radius 3 is 2.51 bits per heavy atom. The standard InChI is InChI=1S/C25H33N7O3/c1-35-23-18(16-13-29-32(14-16)17-6-3-2-4-7-17)8-5-9-19(23)30-20(22(27)24(28)33)12-21(26)31-25(34)15-10-11-15/h5,8-9,12-15,17,30H,2-4,6-7,10-11,26-27H2,1H3,(H2,28,33)(H,31,34)/b21-12+,22-20+. The van der Waals surface area contributed by atoms with Crippen molar-refractivity contribution in [3.05, 3.63) is 53.9 Å². The highest BCUT2D eigenvalue weighted by atomic mass is 16.5. The minimum absolute atomic E-state index is 0.0258. The van der Waals surface area contributed by atoms with E-state index in [1.54, 1.807) is 13.2 Å². The number of primary amides is 1. The smallest absolute Gasteiger partial charge is 0.266 e. The first kappa shape index (κ1) is 24.2. The molecule has 2 fully saturated rings. The number of nitrogens with zero attached hydrogens (tertiary/aromatic N) is 2. The van der Waals surface area contributed by atoms with Crippen molar-refractivity contribution in [2.45, 2.75) is 51.0 Å². The van der Waals surface area contributed by atoms with Crippen LogP contribution in [0.15, 0.2) is 53.9 Å². The molecule has 10 nitrogen and oxygen atoms in total. The maximum atomic E-state index is 12.1. The van der Waals surface area contributed by atoms with Gasteiger partial charge in [0.2, 0.25) is 5.91 Å². The molecule has 0 aliphatic heterocycles. The number of nitrogens with one attached hydrogen (secondary N) is 2. The maximum Gasteiger partial charge on any atom is 0.266 e. The number of amides is 2. The Morgan fingerprint density at radius 2 is 1.86 bits per heavy atom. The van der Waals surface area contributed by atoms with Crippen molar-refractivity contribution in [2.75, 3.05) is 12.4 Å². The van der Waals surface area contributed by atoms with E-state index in [2.05, 4.69) is 15.7 Å². The van der Waals surface area contributed by atoms with Crippen LogP contribution in [-0.4, -0.2) is 28.7 Å². The summed E-state index contributed by atoms with van der Waals surface area (Å²) in [5.74, 6) is -0.418. The molecule has 2 aromatic rings. The number of ether oxygens (including phenoxy) is 1. The number of hydrogen-bond donors (Lipinski definition) is 5. The first-order valence-corrected chi connectivity index (χ1v) is 11.9. The summed E-state index contributed by atoms with van der Waals surface area (Å²) in [6, 6.07) is 5.99. The lowest BCUT2D eigenvalue weighted by molar-refractivity contribution is -0.121. The van der Waals surface area contributed by atoms with E-state index in [9.17, 15) is 9.59 Å². The number of methoxy groups -OCH3 is 1. The summed E-state index contributed by atoms with van der Waals surface area (Å²) in [6.07, 6.45) is 12.9. The molecule has 186 valence electrons. The van der Waals surface area contributed by atoms with Crippen LogP contribution < -0.4 is 32.6 Å². The third-order valence-corrected chi connectivity index (χ3v) is 6.42. The topological polar surface area (TPSA) is 163 Å². The van der Waals surface area contributed by atoms with E-state index >= 15 is 0 Å². The van der Waals surface area contributed by atoms with E-state index in [0.29, 0.717) is 17.5 Å². The van der Waals surface area contributed by atoms with E-state index in [0.717, 1.165) is 36.8 Å². The first-order chi connectivity index (χ1) is 16.9. The van der Waals surface area contributed by atoms with Crippen molar-refractivity contribution in [2.24, 2.45) is 23.1 Å². The molecule has 2 aliphatic rings. The van der Waals surface area contributed by atoms with Crippen molar-refractivity contribution >= 4 is 17.5 Å². The van der Waals surface area contributed by atoms with Crippen LogP contribution in [0.5, 0.6) is 5.75 Å². The van der Waals surface area contributed by atoms with Crippen LogP contribution >= 0.6 is 0 Å². The SMILES string of the molecule is COc1c(NC(/C=C(\N)NC(=O)C2CC2)=C(/N)C(N)=O)cccc1-c1cnn(C2CCCCC2)c1. The molecule has 0 saturated heterocycles. The van der Waals surface area contributed by atoms with Crippen LogP contribution in [0, 0.1) is 5.92 Å². The van der Waals surface area contributed by atoms with E-state index in [-0.39, 0.29) is 29.0 Å². The number of aromatic nitrogens is 2. The van der Waals surface area contributed by atoms with E-state index in [1.165, 1.54) is 25.3 Å². The Labute approximate surface area is 204 Å². The van der Waals surface area contributed by atoms with Gasteiger partial charge in [-0.3, -0.25) is 14.3 Å². The average Bonchev–Trinajstić information content (AvgIpc) is 3.60. The lowest BCUT2D eigenvalue weighted by Gasteiger charge is -2.21. The van der Waals surface area contributed by atoms with Crippen molar-refractivity contribution < 1.29 is 14.3 Å². The van der Waals surface area contributed by atoms with E-state index in [1.807, 2.05) is 29.2 Å². The summed E-state index contributed by atoms with van der Waals surface area (Å²) in [6.45, 7) is 0. The molecule has 35 heavy (non-hydrogen) atoms. The van der Waals surface area contributed by atoms with Gasteiger partial charge in [-0.25, -0.2) is 0 Å². The van der Waals surface area contributed by atoms with Gasteiger partial charge >= 0.3 is 0 Å². The number of nitrogens with two attached hydrogens (primary N) is 3. The molecule has 0 spiro atoms. The first-order valence-electron chi connectivity index (χ1n) is 11.9. The van der Waals surface area contributed by atoms with E-state index in [4.69, 9.17) is 21.9 Å². The number of benzene rings is 1. The van der Waals surface area contributed by atoms with E-state index < -0.39 is 5.91 Å². The summed E-state index contributed by atoms with van der Waals surface area (Å²) in [7, 11) is 1.57. The lowest BCUT2D eigenvalue weighted by Crippen LogP contribution is -2.30. The van der Waals surface area contributed by atoms with Gasteiger partial charge in [0.05, 0.1) is 30.7 Å². The molecule has 1 aromatic carbocycles. The van der Waals surface area contributed by atoms with Crippen LogP contribution in [0.1, 0.15) is 51.0 Å². The molecule has 0 atom stereocenters. The monoisotopic (exact) mass is 479 g/mol. The number of rotatable bonds is 9. The van der Waals surface area contributed by atoms with Gasteiger partial charge < -0.3 is 32.6 Å². The summed E-state index contributed by atoms with van der Waals surface area (Å²) in [5, 5.41) is 10.3. The van der Waals surface area contributed by atoms with Gasteiger partial charge in [0.1, 0.15) is 17.3 Å². The fraction of sp³-hybridized carbons (Fsp3) is 0.400. The van der Waals surface area contributed by atoms with Crippen LogP contribution in [0.4, 0.5) is 5.69 Å². The van der Waals surface area contributed by atoms with Crippen LogP contribution in [0.2, 0.25) is 0 Å². The summed E-state index contributed by atoms with van der Waals surface area (Å²) in [5.41, 5.74) is 19.6. The molecule has 1 heterocycles. The molecule has 2 amide bonds. The highest BCUT2D eigenvalue weighted by molar-refractivity contribution is 5.93. The molecule has 0 bridgehead atoms. The van der Waals surface area contributed by atoms with Gasteiger partial charge in [-0.05, 0) is 31.7 Å². The Hall–Kier alpha value is -3.95. The average molecular weight is 480 g/mol. The predicted octanol–water partition coefficient (Wildman–Crippen LogP) is 2.46. The molecular weight excluding hydrogens is 446 g/mol. The zero-order valence-electron chi connectivity index (χ0n) is 19.9. The number of anilines is 1. The van der Waals surface area contributed by atoms with Crippen molar-refractivity contribution in [1.82, 2.24) is 15.1 Å². The fourth-order valence-corrected chi connectivity index (χ4v) is 4.35. The normalized spacial score (nSPS) is 17.5. The summed E-state index contributed by atoms with van der Waals surface area (Å²) >= 11 is 0. The molecule has 0 radical (unpaired) electrons. The van der Waals surface area contributed by atoms with Gasteiger partial charge in [0.15, 0.2) is 0 Å². The van der Waals surface area contributed by atoms with Gasteiger partial charge in [0, 0.05) is 29.3 Å². The Bertz CT molecular complexity index is 1160. The predicted molar refractivity (Wildman–Crippen MR) is 134 cm³/mol. The van der Waals surface area contributed by atoms with Crippen molar-refractivity contribution in [3.8, 4) is 16.9 Å². The number of allylic oxidation sites excluding steroid dienone is 1. The largest absolute Gasteiger partial charge is 0.494 e. The quantitative estimate of drug-likeness (QED) is 0.272. The number of carbonyl (C=O) groups excluding carboxylic acids is 2. The van der Waals surface area contributed by atoms with Gasteiger partial charge in [-0.1, -0.05) is 31.4 Å². The fourth-order valence-electron chi connectivity index (χ4n) is 4.35. The van der Waals surface area contributed by atoms with Gasteiger partial charge in [-0.15, -0.1) is 0 Å². The van der Waals surface area contributed by atoms with Crippen LogP contribution in [-0.2, 0) is 9.59 Å². The number of hydrogen-bond acceptors (Lipinski definition) is 7. The second-order valence-corrected chi connectivity index (χ2v) is 9.07. The molecule has 8 N–H and O–H groups in total. The Kier molecular flexibility index (Phi) is 7.28. The molecule has 2 aliphatic carbocycles. The minimum Gasteiger partial charge on any atom is -0.494 e.